The third-order valence-electron chi connectivity index (χ3n) is 3.04. The van der Waals surface area contributed by atoms with E-state index >= 15 is 0 Å². The first-order valence-corrected chi connectivity index (χ1v) is 6.33. The van der Waals surface area contributed by atoms with Crippen molar-refractivity contribution in [1.29, 1.82) is 0 Å². The predicted molar refractivity (Wildman–Crippen MR) is 73.0 cm³/mol. The molecule has 0 spiro atoms. The molecule has 1 aromatic heterocycles. The van der Waals surface area contributed by atoms with Gasteiger partial charge in [0.15, 0.2) is 0 Å². The number of hydrogen-bond acceptors (Lipinski definition) is 2. The van der Waals surface area contributed by atoms with Gasteiger partial charge in [-0.3, -0.25) is 0 Å². The van der Waals surface area contributed by atoms with E-state index < -0.39 is 0 Å². The maximum atomic E-state index is 4.34. The molecular weight excluding hydrogens is 278 g/mol. The molecule has 1 atom stereocenters. The fourth-order valence-electron chi connectivity index (χ4n) is 1.93. The van der Waals surface area contributed by atoms with Crippen molar-refractivity contribution in [2.24, 2.45) is 7.05 Å². The molecule has 17 heavy (non-hydrogen) atoms. The van der Waals surface area contributed by atoms with Gasteiger partial charge in [-0.25, -0.2) is 4.98 Å². The number of nitrogens with zero attached hydrogens (tertiary/aromatic N) is 2. The van der Waals surface area contributed by atoms with E-state index in [0.717, 1.165) is 10.3 Å². The highest BCUT2D eigenvalue weighted by Gasteiger charge is 2.16. The van der Waals surface area contributed by atoms with Crippen LogP contribution in [0.2, 0.25) is 0 Å². The van der Waals surface area contributed by atoms with Crippen LogP contribution in [0.25, 0.3) is 0 Å². The van der Waals surface area contributed by atoms with Gasteiger partial charge in [-0.1, -0.05) is 28.1 Å². The zero-order chi connectivity index (χ0) is 12.4. The second kappa shape index (κ2) is 5.02. The molecular formula is C13H16BrN3. The summed E-state index contributed by atoms with van der Waals surface area (Å²) in [5.74, 6) is 1.03. The minimum Gasteiger partial charge on any atom is -0.334 e. The van der Waals surface area contributed by atoms with Crippen LogP contribution in [0, 0.1) is 6.92 Å². The largest absolute Gasteiger partial charge is 0.334 e. The highest BCUT2D eigenvalue weighted by Crippen LogP contribution is 2.23. The van der Waals surface area contributed by atoms with E-state index in [4.69, 9.17) is 0 Å². The zero-order valence-electron chi connectivity index (χ0n) is 10.2. The number of halogens is 1. The van der Waals surface area contributed by atoms with Crippen molar-refractivity contribution in [3.63, 3.8) is 0 Å². The maximum Gasteiger partial charge on any atom is 0.105 e. The molecule has 1 heterocycles. The number of imidazole rings is 1. The summed E-state index contributed by atoms with van der Waals surface area (Å²) in [6.07, 6.45) is 1.93. The molecule has 1 N–H and O–H groups in total. The second-order valence-electron chi connectivity index (χ2n) is 4.06. The molecule has 0 aliphatic carbocycles. The molecule has 1 unspecified atom stereocenters. The van der Waals surface area contributed by atoms with E-state index in [2.05, 4.69) is 55.1 Å². The summed E-state index contributed by atoms with van der Waals surface area (Å²) in [4.78, 5) is 4.34. The Bertz CT molecular complexity index is 502. The summed E-state index contributed by atoms with van der Waals surface area (Å²) in [5, 5.41) is 3.33. The van der Waals surface area contributed by atoms with E-state index in [1.165, 1.54) is 11.3 Å². The van der Waals surface area contributed by atoms with Crippen molar-refractivity contribution in [1.82, 2.24) is 14.9 Å². The molecule has 2 rings (SSSR count). The van der Waals surface area contributed by atoms with Crippen LogP contribution in [0.5, 0.6) is 0 Å². The number of nitrogens with one attached hydrogen (secondary N) is 1. The van der Waals surface area contributed by atoms with Gasteiger partial charge in [-0.2, -0.15) is 0 Å². The fourth-order valence-corrected chi connectivity index (χ4v) is 2.19. The molecule has 0 bridgehead atoms. The van der Waals surface area contributed by atoms with E-state index in [1.807, 2.05) is 27.2 Å². The van der Waals surface area contributed by atoms with Crippen LogP contribution in [0.3, 0.4) is 0 Å². The van der Waals surface area contributed by atoms with Crippen LogP contribution in [0.15, 0.2) is 34.9 Å². The minimum atomic E-state index is 0.175. The first-order chi connectivity index (χ1) is 8.13. The molecule has 90 valence electrons. The van der Waals surface area contributed by atoms with Crippen molar-refractivity contribution in [3.05, 3.63) is 52.0 Å². The Balaban J connectivity index is 2.40. The van der Waals surface area contributed by atoms with Gasteiger partial charge in [0, 0.05) is 11.5 Å². The first kappa shape index (κ1) is 12.3. The van der Waals surface area contributed by atoms with Crippen LogP contribution in [0.4, 0.5) is 0 Å². The third-order valence-corrected chi connectivity index (χ3v) is 3.57. The summed E-state index contributed by atoms with van der Waals surface area (Å²) in [6.45, 7) is 2.01. The van der Waals surface area contributed by atoms with Crippen molar-refractivity contribution in [2.75, 3.05) is 7.05 Å². The lowest BCUT2D eigenvalue weighted by atomic mass is 10.0. The number of aromatic nitrogens is 2. The second-order valence-corrected chi connectivity index (χ2v) is 4.98. The van der Waals surface area contributed by atoms with E-state index in [-0.39, 0.29) is 6.04 Å². The molecule has 4 heteroatoms. The van der Waals surface area contributed by atoms with Gasteiger partial charge in [-0.15, -0.1) is 0 Å². The van der Waals surface area contributed by atoms with Crippen molar-refractivity contribution in [3.8, 4) is 0 Å². The number of hydrogen-bond donors (Lipinski definition) is 1. The normalized spacial score (nSPS) is 12.7. The van der Waals surface area contributed by atoms with Crippen LogP contribution in [-0.4, -0.2) is 16.6 Å². The van der Waals surface area contributed by atoms with Crippen molar-refractivity contribution in [2.45, 2.75) is 13.0 Å². The number of aryl methyl sites for hydroxylation is 1. The summed E-state index contributed by atoms with van der Waals surface area (Å²) in [7, 11) is 4.01. The van der Waals surface area contributed by atoms with Gasteiger partial charge in [0.25, 0.3) is 0 Å². The van der Waals surface area contributed by atoms with Crippen LogP contribution in [-0.2, 0) is 7.05 Å². The molecule has 0 saturated heterocycles. The fraction of sp³-hybridized carbons (Fsp3) is 0.308. The number of rotatable bonds is 3. The Labute approximate surface area is 110 Å². The summed E-state index contributed by atoms with van der Waals surface area (Å²) < 4.78 is 3.21. The molecule has 0 fully saturated rings. The summed E-state index contributed by atoms with van der Waals surface area (Å²) in [5.41, 5.74) is 2.41. The predicted octanol–water partition coefficient (Wildman–Crippen LogP) is 2.80. The Morgan fingerprint density at radius 1 is 1.29 bits per heavy atom. The smallest absolute Gasteiger partial charge is 0.105 e. The Morgan fingerprint density at radius 2 is 1.94 bits per heavy atom. The van der Waals surface area contributed by atoms with Crippen LogP contribution in [0.1, 0.15) is 23.1 Å². The van der Waals surface area contributed by atoms with Crippen LogP contribution >= 0.6 is 15.9 Å². The molecule has 0 aliphatic heterocycles. The molecule has 0 aliphatic rings. The van der Waals surface area contributed by atoms with Gasteiger partial charge in [-0.05, 0) is 31.7 Å². The zero-order valence-corrected chi connectivity index (χ0v) is 11.8. The molecule has 0 saturated carbocycles. The van der Waals surface area contributed by atoms with E-state index in [9.17, 15) is 0 Å². The monoisotopic (exact) mass is 293 g/mol. The quantitative estimate of drug-likeness (QED) is 0.943. The highest BCUT2D eigenvalue weighted by atomic mass is 79.9. The van der Waals surface area contributed by atoms with Gasteiger partial charge >= 0.3 is 0 Å². The third kappa shape index (κ3) is 2.42. The van der Waals surface area contributed by atoms with Gasteiger partial charge < -0.3 is 9.88 Å². The maximum absolute atomic E-state index is 4.34. The molecule has 0 amide bonds. The average Bonchev–Trinajstić information content (AvgIpc) is 2.65. The topological polar surface area (TPSA) is 29.9 Å². The molecule has 3 nitrogen and oxygen atoms in total. The lowest BCUT2D eigenvalue weighted by molar-refractivity contribution is 0.632. The van der Waals surface area contributed by atoms with Gasteiger partial charge in [0.2, 0.25) is 0 Å². The summed E-state index contributed by atoms with van der Waals surface area (Å²) >= 11 is 3.45. The highest BCUT2D eigenvalue weighted by molar-refractivity contribution is 9.10. The SMILES string of the molecule is CNC(c1ccc(Br)cc1)c1cnc(C)n1C. The first-order valence-electron chi connectivity index (χ1n) is 5.54. The Kier molecular flexibility index (Phi) is 3.64. The lowest BCUT2D eigenvalue weighted by Gasteiger charge is -2.17. The van der Waals surface area contributed by atoms with E-state index in [0.29, 0.717) is 0 Å². The van der Waals surface area contributed by atoms with Crippen LogP contribution < -0.4 is 5.32 Å². The van der Waals surface area contributed by atoms with Crippen molar-refractivity contribution >= 4 is 15.9 Å². The lowest BCUT2D eigenvalue weighted by Crippen LogP contribution is -2.20. The molecule has 0 radical (unpaired) electrons. The molecule has 1 aromatic carbocycles. The average molecular weight is 294 g/mol. The Morgan fingerprint density at radius 3 is 2.41 bits per heavy atom. The van der Waals surface area contributed by atoms with Gasteiger partial charge in [0.1, 0.15) is 5.82 Å². The van der Waals surface area contributed by atoms with Gasteiger partial charge in [0.05, 0.1) is 17.9 Å². The minimum absolute atomic E-state index is 0.175. The number of benzene rings is 1. The molecule has 2 aromatic rings. The van der Waals surface area contributed by atoms with Crippen molar-refractivity contribution < 1.29 is 0 Å². The standard InChI is InChI=1S/C13H16BrN3/c1-9-16-8-12(17(9)3)13(15-2)10-4-6-11(14)7-5-10/h4-8,13,15H,1-3H3. The Hall–Kier alpha value is -1.13. The van der Waals surface area contributed by atoms with E-state index in [1.54, 1.807) is 0 Å². The summed E-state index contributed by atoms with van der Waals surface area (Å²) in [6, 6.07) is 8.53.